The fourth-order valence-corrected chi connectivity index (χ4v) is 2.95. The minimum atomic E-state index is -0.617. The number of rotatable bonds is 5. The summed E-state index contributed by atoms with van der Waals surface area (Å²) in [7, 11) is 0. The molecule has 2 atom stereocenters. The minimum absolute atomic E-state index is 0.358. The Kier molecular flexibility index (Phi) is 4.25. The summed E-state index contributed by atoms with van der Waals surface area (Å²) < 4.78 is 5.51. The third-order valence-electron chi connectivity index (χ3n) is 4.43. The van der Waals surface area contributed by atoms with Gasteiger partial charge in [-0.2, -0.15) is 5.26 Å². The zero-order chi connectivity index (χ0) is 14.7. The van der Waals surface area contributed by atoms with Gasteiger partial charge in [0.25, 0.3) is 0 Å². The van der Waals surface area contributed by atoms with Gasteiger partial charge in [0.2, 0.25) is 0 Å². The Balaban J connectivity index is 1.86. The first kappa shape index (κ1) is 14.5. The number of ether oxygens (including phenoxy) is 1. The van der Waals surface area contributed by atoms with Gasteiger partial charge in [-0.05, 0) is 25.3 Å². The van der Waals surface area contributed by atoms with E-state index in [0.29, 0.717) is 18.6 Å². The molecule has 2 fully saturated rings. The Morgan fingerprint density at radius 1 is 1.38 bits per heavy atom. The van der Waals surface area contributed by atoms with Crippen LogP contribution in [0.3, 0.4) is 0 Å². The zero-order valence-corrected chi connectivity index (χ0v) is 12.6. The average molecular weight is 285 g/mol. The highest BCUT2D eigenvalue weighted by Gasteiger charge is 2.40. The molecule has 2 aliphatic rings. The molecule has 0 bridgehead atoms. The van der Waals surface area contributed by atoms with Crippen LogP contribution in [0.25, 0.3) is 0 Å². The van der Waals surface area contributed by atoms with Gasteiger partial charge in [0.15, 0.2) is 0 Å². The largest absolute Gasteiger partial charge is 0.379 e. The van der Waals surface area contributed by atoms with Crippen molar-refractivity contribution in [1.29, 1.82) is 5.26 Å². The van der Waals surface area contributed by atoms with Crippen molar-refractivity contribution in [3.05, 3.63) is 35.9 Å². The molecule has 4 nitrogen and oxygen atoms in total. The molecule has 1 heterocycles. The van der Waals surface area contributed by atoms with Gasteiger partial charge in [0.1, 0.15) is 5.54 Å². The molecule has 1 saturated heterocycles. The van der Waals surface area contributed by atoms with Crippen LogP contribution in [0.2, 0.25) is 0 Å². The van der Waals surface area contributed by atoms with Crippen molar-refractivity contribution in [3.8, 4) is 6.07 Å². The van der Waals surface area contributed by atoms with Crippen LogP contribution in [-0.2, 0) is 10.3 Å². The Morgan fingerprint density at radius 2 is 2.14 bits per heavy atom. The van der Waals surface area contributed by atoms with Crippen molar-refractivity contribution >= 4 is 0 Å². The summed E-state index contributed by atoms with van der Waals surface area (Å²) in [6.07, 6.45) is 2.35. The Morgan fingerprint density at radius 3 is 2.76 bits per heavy atom. The number of nitriles is 1. The number of nitrogens with zero attached hydrogens (tertiary/aromatic N) is 2. The lowest BCUT2D eigenvalue weighted by Crippen LogP contribution is -2.55. The smallest absolute Gasteiger partial charge is 0.145 e. The lowest BCUT2D eigenvalue weighted by Gasteiger charge is -2.39. The Labute approximate surface area is 126 Å². The van der Waals surface area contributed by atoms with E-state index in [1.54, 1.807) is 0 Å². The van der Waals surface area contributed by atoms with E-state index in [-0.39, 0.29) is 0 Å². The van der Waals surface area contributed by atoms with E-state index in [4.69, 9.17) is 4.74 Å². The van der Waals surface area contributed by atoms with Crippen molar-refractivity contribution in [2.24, 2.45) is 0 Å². The van der Waals surface area contributed by atoms with E-state index in [9.17, 15) is 5.26 Å². The topological polar surface area (TPSA) is 48.3 Å². The van der Waals surface area contributed by atoms with Crippen molar-refractivity contribution in [1.82, 2.24) is 10.2 Å². The number of hydrogen-bond donors (Lipinski definition) is 1. The van der Waals surface area contributed by atoms with Crippen LogP contribution < -0.4 is 5.32 Å². The van der Waals surface area contributed by atoms with Gasteiger partial charge in [-0.25, -0.2) is 0 Å². The Hall–Kier alpha value is -1.41. The second-order valence-corrected chi connectivity index (χ2v) is 6.20. The quantitative estimate of drug-likeness (QED) is 0.897. The molecule has 21 heavy (non-hydrogen) atoms. The van der Waals surface area contributed by atoms with Gasteiger partial charge in [-0.15, -0.1) is 0 Å². The molecule has 0 aromatic heterocycles. The van der Waals surface area contributed by atoms with Gasteiger partial charge < -0.3 is 4.74 Å². The van der Waals surface area contributed by atoms with Crippen LogP contribution in [-0.4, -0.2) is 43.3 Å². The molecule has 1 saturated carbocycles. The number of hydrogen-bond acceptors (Lipinski definition) is 4. The van der Waals surface area contributed by atoms with E-state index in [2.05, 4.69) is 35.3 Å². The first-order valence-electron chi connectivity index (χ1n) is 7.80. The maximum atomic E-state index is 9.95. The third kappa shape index (κ3) is 3.26. The van der Waals surface area contributed by atoms with Crippen molar-refractivity contribution in [2.75, 3.05) is 26.3 Å². The first-order valence-corrected chi connectivity index (χ1v) is 7.80. The predicted molar refractivity (Wildman–Crippen MR) is 81.7 cm³/mol. The van der Waals surface area contributed by atoms with Gasteiger partial charge >= 0.3 is 0 Å². The van der Waals surface area contributed by atoms with Crippen LogP contribution >= 0.6 is 0 Å². The minimum Gasteiger partial charge on any atom is -0.379 e. The normalized spacial score (nSPS) is 26.0. The summed E-state index contributed by atoms with van der Waals surface area (Å²) in [6, 6.07) is 13.6. The predicted octanol–water partition coefficient (Wildman–Crippen LogP) is 1.88. The van der Waals surface area contributed by atoms with Gasteiger partial charge in [-0.1, -0.05) is 30.3 Å². The molecular weight excluding hydrogens is 262 g/mol. The van der Waals surface area contributed by atoms with Crippen molar-refractivity contribution in [3.63, 3.8) is 0 Å². The van der Waals surface area contributed by atoms with Crippen LogP contribution in [0.1, 0.15) is 25.3 Å². The number of benzene rings is 1. The van der Waals surface area contributed by atoms with Crippen molar-refractivity contribution < 1.29 is 4.74 Å². The monoisotopic (exact) mass is 285 g/mol. The highest BCUT2D eigenvalue weighted by Crippen LogP contribution is 2.30. The van der Waals surface area contributed by atoms with Crippen molar-refractivity contribution in [2.45, 2.75) is 37.4 Å². The lowest BCUT2D eigenvalue weighted by atomic mass is 9.89. The maximum absolute atomic E-state index is 9.95. The molecule has 1 aromatic rings. The second-order valence-electron chi connectivity index (χ2n) is 6.20. The molecule has 0 spiro atoms. The average Bonchev–Trinajstić information content (AvgIpc) is 3.33. The number of morpholine rings is 1. The standard InChI is InChI=1S/C17H23N3O/c1-14-11-21-10-9-20(14)13-17(12-18,19-16-7-8-16)15-5-3-2-4-6-15/h2-6,14,16,19H,7-11,13H2,1H3. The van der Waals surface area contributed by atoms with E-state index < -0.39 is 5.54 Å². The molecule has 1 aromatic carbocycles. The SMILES string of the molecule is CC1COCCN1CC(C#N)(NC1CC1)c1ccccc1. The molecule has 2 unspecified atom stereocenters. The van der Waals surface area contributed by atoms with Crippen LogP contribution in [0.15, 0.2) is 30.3 Å². The molecule has 0 radical (unpaired) electrons. The fourth-order valence-electron chi connectivity index (χ4n) is 2.95. The molecule has 112 valence electrons. The zero-order valence-electron chi connectivity index (χ0n) is 12.6. The van der Waals surface area contributed by atoms with Gasteiger partial charge in [-0.3, -0.25) is 10.2 Å². The summed E-state index contributed by atoms with van der Waals surface area (Å²) in [6.45, 7) is 5.28. The summed E-state index contributed by atoms with van der Waals surface area (Å²) in [5.74, 6) is 0. The second kappa shape index (κ2) is 6.15. The molecule has 3 rings (SSSR count). The van der Waals surface area contributed by atoms with Gasteiger partial charge in [0.05, 0.1) is 19.3 Å². The van der Waals surface area contributed by atoms with E-state index >= 15 is 0 Å². The lowest BCUT2D eigenvalue weighted by molar-refractivity contribution is -0.00946. The van der Waals surface area contributed by atoms with E-state index in [1.807, 2.05) is 18.2 Å². The van der Waals surface area contributed by atoms with E-state index in [0.717, 1.165) is 25.3 Å². The van der Waals surface area contributed by atoms with Gasteiger partial charge in [0, 0.05) is 25.2 Å². The maximum Gasteiger partial charge on any atom is 0.145 e. The number of nitrogens with one attached hydrogen (secondary N) is 1. The highest BCUT2D eigenvalue weighted by molar-refractivity contribution is 5.33. The van der Waals surface area contributed by atoms with Crippen LogP contribution in [0.4, 0.5) is 0 Å². The third-order valence-corrected chi connectivity index (χ3v) is 4.43. The summed E-state index contributed by atoms with van der Waals surface area (Å²) >= 11 is 0. The summed E-state index contributed by atoms with van der Waals surface area (Å²) in [5, 5.41) is 13.5. The summed E-state index contributed by atoms with van der Waals surface area (Å²) in [5.41, 5.74) is 0.451. The highest BCUT2D eigenvalue weighted by atomic mass is 16.5. The molecule has 1 aliphatic heterocycles. The Bertz CT molecular complexity index is 509. The fraction of sp³-hybridized carbons (Fsp3) is 0.588. The summed E-state index contributed by atoms with van der Waals surface area (Å²) in [4.78, 5) is 2.37. The van der Waals surface area contributed by atoms with Crippen LogP contribution in [0.5, 0.6) is 0 Å². The molecule has 1 N–H and O–H groups in total. The molecular formula is C17H23N3O. The van der Waals surface area contributed by atoms with E-state index in [1.165, 1.54) is 12.8 Å². The molecule has 0 amide bonds. The molecule has 1 aliphatic carbocycles. The molecule has 4 heteroatoms. The first-order chi connectivity index (χ1) is 10.2. The van der Waals surface area contributed by atoms with Crippen LogP contribution in [0, 0.1) is 11.3 Å².